The standard InChI is InChI=1S/C13H13FN2O4/c14-7-3-4-8-9(6-7)13(20)16(12(8)19)10(11(15)18)2-1-5-17/h3-6,10-11,18H,1-2,15H2. The van der Waals surface area contributed by atoms with Gasteiger partial charge in [-0.3, -0.25) is 14.5 Å². The topological polar surface area (TPSA) is 101 Å². The summed E-state index contributed by atoms with van der Waals surface area (Å²) in [5, 5.41) is 9.51. The van der Waals surface area contributed by atoms with Crippen molar-refractivity contribution >= 4 is 18.1 Å². The molecule has 0 spiro atoms. The maximum absolute atomic E-state index is 13.1. The molecule has 106 valence electrons. The lowest BCUT2D eigenvalue weighted by molar-refractivity contribution is -0.108. The zero-order chi connectivity index (χ0) is 14.9. The normalized spacial score (nSPS) is 17.1. The highest BCUT2D eigenvalue weighted by Gasteiger charge is 2.41. The Labute approximate surface area is 114 Å². The molecule has 0 saturated heterocycles. The third kappa shape index (κ3) is 2.33. The fourth-order valence-corrected chi connectivity index (χ4v) is 2.22. The Morgan fingerprint density at radius 2 is 1.95 bits per heavy atom. The van der Waals surface area contributed by atoms with E-state index in [-0.39, 0.29) is 24.0 Å². The van der Waals surface area contributed by atoms with E-state index in [4.69, 9.17) is 5.73 Å². The van der Waals surface area contributed by atoms with Gasteiger partial charge in [0.05, 0.1) is 17.2 Å². The lowest BCUT2D eigenvalue weighted by Crippen LogP contribution is -2.50. The molecule has 1 aliphatic rings. The van der Waals surface area contributed by atoms with E-state index in [1.165, 1.54) is 6.07 Å². The highest BCUT2D eigenvalue weighted by Crippen LogP contribution is 2.27. The van der Waals surface area contributed by atoms with Crippen molar-refractivity contribution in [3.05, 3.63) is 35.1 Å². The van der Waals surface area contributed by atoms with Gasteiger partial charge in [-0.15, -0.1) is 0 Å². The third-order valence-corrected chi connectivity index (χ3v) is 3.19. The van der Waals surface area contributed by atoms with E-state index in [1.54, 1.807) is 0 Å². The lowest BCUT2D eigenvalue weighted by atomic mass is 10.1. The number of nitrogens with two attached hydrogens (primary N) is 1. The summed E-state index contributed by atoms with van der Waals surface area (Å²) in [6, 6.07) is 2.24. The minimum atomic E-state index is -1.47. The molecule has 1 aromatic carbocycles. The van der Waals surface area contributed by atoms with Crippen LogP contribution in [0.3, 0.4) is 0 Å². The zero-order valence-electron chi connectivity index (χ0n) is 10.5. The minimum Gasteiger partial charge on any atom is -0.377 e. The van der Waals surface area contributed by atoms with Crippen molar-refractivity contribution in [2.24, 2.45) is 5.73 Å². The average Bonchev–Trinajstić information content (AvgIpc) is 2.63. The molecule has 0 bridgehead atoms. The first-order chi connectivity index (χ1) is 9.47. The van der Waals surface area contributed by atoms with Gasteiger partial charge in [0.1, 0.15) is 18.3 Å². The third-order valence-electron chi connectivity index (χ3n) is 3.19. The number of aliphatic hydroxyl groups excluding tert-OH is 1. The molecule has 0 aromatic heterocycles. The second-order valence-electron chi connectivity index (χ2n) is 4.47. The molecule has 1 aromatic rings. The van der Waals surface area contributed by atoms with E-state index in [0.717, 1.165) is 17.0 Å². The number of aliphatic hydroxyl groups is 1. The Kier molecular flexibility index (Phi) is 3.91. The van der Waals surface area contributed by atoms with Gasteiger partial charge < -0.3 is 15.6 Å². The molecule has 2 amide bonds. The van der Waals surface area contributed by atoms with Crippen LogP contribution in [0.2, 0.25) is 0 Å². The zero-order valence-corrected chi connectivity index (χ0v) is 10.5. The number of hydrogen-bond donors (Lipinski definition) is 2. The first-order valence-corrected chi connectivity index (χ1v) is 6.02. The Bertz CT molecular complexity index is 573. The summed E-state index contributed by atoms with van der Waals surface area (Å²) in [6.07, 6.45) is -0.773. The van der Waals surface area contributed by atoms with Gasteiger partial charge in [-0.2, -0.15) is 0 Å². The molecule has 2 rings (SSSR count). The highest BCUT2D eigenvalue weighted by atomic mass is 19.1. The first kappa shape index (κ1) is 14.3. The number of amides is 2. The predicted molar refractivity (Wildman–Crippen MR) is 66.2 cm³/mol. The number of benzene rings is 1. The largest absolute Gasteiger partial charge is 0.377 e. The Morgan fingerprint density at radius 3 is 2.55 bits per heavy atom. The summed E-state index contributed by atoms with van der Waals surface area (Å²) >= 11 is 0. The Hall–Kier alpha value is -2.12. The predicted octanol–water partition coefficient (Wildman–Crippen LogP) is 0.0465. The van der Waals surface area contributed by atoms with Gasteiger partial charge in [-0.05, 0) is 24.6 Å². The van der Waals surface area contributed by atoms with Crippen LogP contribution in [0.1, 0.15) is 33.6 Å². The number of fused-ring (bicyclic) bond motifs is 1. The molecule has 6 nitrogen and oxygen atoms in total. The summed E-state index contributed by atoms with van der Waals surface area (Å²) in [4.78, 5) is 35.5. The average molecular weight is 280 g/mol. The lowest BCUT2D eigenvalue weighted by Gasteiger charge is -2.27. The smallest absolute Gasteiger partial charge is 0.262 e. The molecule has 1 heterocycles. The number of carbonyl (C=O) groups is 3. The summed E-state index contributed by atoms with van der Waals surface area (Å²) in [6.45, 7) is 0. The number of halogens is 1. The van der Waals surface area contributed by atoms with Crippen LogP contribution < -0.4 is 5.73 Å². The Morgan fingerprint density at radius 1 is 1.30 bits per heavy atom. The molecule has 20 heavy (non-hydrogen) atoms. The number of imide groups is 1. The molecule has 2 unspecified atom stereocenters. The minimum absolute atomic E-state index is 0.0424. The van der Waals surface area contributed by atoms with Crippen molar-refractivity contribution in [2.45, 2.75) is 25.1 Å². The van der Waals surface area contributed by atoms with Crippen LogP contribution in [-0.4, -0.2) is 40.4 Å². The molecule has 2 atom stereocenters. The van der Waals surface area contributed by atoms with Crippen LogP contribution >= 0.6 is 0 Å². The van der Waals surface area contributed by atoms with Gasteiger partial charge in [0.15, 0.2) is 0 Å². The molecule has 1 aliphatic heterocycles. The van der Waals surface area contributed by atoms with Crippen LogP contribution in [0.15, 0.2) is 18.2 Å². The molecule has 0 radical (unpaired) electrons. The van der Waals surface area contributed by atoms with Crippen LogP contribution in [0.5, 0.6) is 0 Å². The number of carbonyl (C=O) groups excluding carboxylic acids is 3. The molecular formula is C13H13FN2O4. The molecule has 0 fully saturated rings. The quantitative estimate of drug-likeness (QED) is 0.451. The van der Waals surface area contributed by atoms with Crippen molar-refractivity contribution in [1.29, 1.82) is 0 Å². The molecule has 7 heteroatoms. The van der Waals surface area contributed by atoms with Gasteiger partial charge in [0, 0.05) is 6.42 Å². The summed E-state index contributed by atoms with van der Waals surface area (Å²) < 4.78 is 13.1. The van der Waals surface area contributed by atoms with Crippen molar-refractivity contribution in [2.75, 3.05) is 0 Å². The summed E-state index contributed by atoms with van der Waals surface area (Å²) in [5.74, 6) is -2.00. The van der Waals surface area contributed by atoms with E-state index in [9.17, 15) is 23.9 Å². The molecule has 0 aliphatic carbocycles. The number of nitrogens with zero attached hydrogens (tertiary/aromatic N) is 1. The van der Waals surface area contributed by atoms with Crippen molar-refractivity contribution in [3.63, 3.8) is 0 Å². The van der Waals surface area contributed by atoms with Gasteiger partial charge in [-0.1, -0.05) is 0 Å². The maximum Gasteiger partial charge on any atom is 0.262 e. The van der Waals surface area contributed by atoms with Gasteiger partial charge >= 0.3 is 0 Å². The van der Waals surface area contributed by atoms with E-state index in [1.807, 2.05) is 0 Å². The number of aldehydes is 1. The number of rotatable bonds is 5. The van der Waals surface area contributed by atoms with Crippen LogP contribution in [0, 0.1) is 5.82 Å². The second kappa shape index (κ2) is 5.48. The number of hydrogen-bond acceptors (Lipinski definition) is 5. The van der Waals surface area contributed by atoms with Crippen LogP contribution in [0.4, 0.5) is 4.39 Å². The summed E-state index contributed by atoms with van der Waals surface area (Å²) in [5.41, 5.74) is 5.37. The second-order valence-corrected chi connectivity index (χ2v) is 4.47. The molecule has 0 saturated carbocycles. The highest BCUT2D eigenvalue weighted by molar-refractivity contribution is 6.21. The van der Waals surface area contributed by atoms with Crippen LogP contribution in [-0.2, 0) is 4.79 Å². The van der Waals surface area contributed by atoms with Crippen molar-refractivity contribution in [3.8, 4) is 0 Å². The fourth-order valence-electron chi connectivity index (χ4n) is 2.22. The van der Waals surface area contributed by atoms with Gasteiger partial charge in [0.2, 0.25) is 0 Å². The van der Waals surface area contributed by atoms with E-state index < -0.39 is 29.9 Å². The van der Waals surface area contributed by atoms with Crippen LogP contribution in [0.25, 0.3) is 0 Å². The maximum atomic E-state index is 13.1. The monoisotopic (exact) mass is 280 g/mol. The molecule has 3 N–H and O–H groups in total. The van der Waals surface area contributed by atoms with Gasteiger partial charge in [-0.25, -0.2) is 4.39 Å². The fraction of sp³-hybridized carbons (Fsp3) is 0.308. The summed E-state index contributed by atoms with van der Waals surface area (Å²) in [7, 11) is 0. The van der Waals surface area contributed by atoms with Crippen molar-refractivity contribution < 1.29 is 23.9 Å². The van der Waals surface area contributed by atoms with E-state index in [0.29, 0.717) is 6.29 Å². The van der Waals surface area contributed by atoms with Gasteiger partial charge in [0.25, 0.3) is 11.8 Å². The Balaban J connectivity index is 2.37. The van der Waals surface area contributed by atoms with E-state index in [2.05, 4.69) is 0 Å². The SMILES string of the molecule is NC(O)C(CCC=O)N1C(=O)c2ccc(F)cc2C1=O. The molecular weight excluding hydrogens is 267 g/mol. The first-order valence-electron chi connectivity index (χ1n) is 6.02. The van der Waals surface area contributed by atoms with E-state index >= 15 is 0 Å². The van der Waals surface area contributed by atoms with Crippen molar-refractivity contribution in [1.82, 2.24) is 4.90 Å².